The summed E-state index contributed by atoms with van der Waals surface area (Å²) < 4.78 is 11.9. The van der Waals surface area contributed by atoms with E-state index in [1.165, 1.54) is 11.1 Å². The van der Waals surface area contributed by atoms with Gasteiger partial charge in [0.1, 0.15) is 11.9 Å². The number of rotatable bonds is 8. The highest BCUT2D eigenvalue weighted by atomic mass is 16.5. The van der Waals surface area contributed by atoms with Crippen LogP contribution in [0.4, 0.5) is 0 Å². The largest absolute Gasteiger partial charge is 0.508 e. The summed E-state index contributed by atoms with van der Waals surface area (Å²) in [6.07, 6.45) is 19.4. The second-order valence-electron chi connectivity index (χ2n) is 10.7. The van der Waals surface area contributed by atoms with Gasteiger partial charge in [0.25, 0.3) is 0 Å². The first kappa shape index (κ1) is 33.7. The average molecular weight is 563 g/mol. The monoisotopic (exact) mass is 562 g/mol. The topological polar surface area (TPSA) is 99.4 Å². The minimum absolute atomic E-state index is 0.112. The van der Waals surface area contributed by atoms with E-state index in [2.05, 4.69) is 51.8 Å². The molecule has 41 heavy (non-hydrogen) atoms. The molecule has 1 heterocycles. The standard InChI is InChI=1S/C32H40O5.C2H2.CH4O/c1-20(2)6-5-7-21(3)8-12-24-13-11-22(15-27(24)33)9-10-23-14-26-17-25-18-28(34)29(35)19-30(25)37-32(26)31(16-23)36-4;2*1-2/h6,8-11,13-16,25,28-30,33-35H,5,7,12,17-19H2,1-4H3;1-2H;2H,1H3/b10-9+,21-8+;;/t25-,28?,29?,30?;;/m1../s1. The molecule has 0 aromatic heterocycles. The molecule has 6 nitrogen and oxygen atoms in total. The van der Waals surface area contributed by atoms with E-state index in [9.17, 15) is 15.3 Å². The highest BCUT2D eigenvalue weighted by Gasteiger charge is 2.40. The molecule has 0 saturated heterocycles. The quantitative estimate of drug-likeness (QED) is 0.176. The summed E-state index contributed by atoms with van der Waals surface area (Å²) in [5, 5.41) is 37.8. The van der Waals surface area contributed by atoms with Crippen molar-refractivity contribution < 1.29 is 29.9 Å². The summed E-state index contributed by atoms with van der Waals surface area (Å²) in [7, 11) is 2.63. The molecule has 4 rings (SSSR count). The van der Waals surface area contributed by atoms with Crippen molar-refractivity contribution in [1.29, 1.82) is 0 Å². The van der Waals surface area contributed by atoms with Gasteiger partial charge in [0.2, 0.25) is 0 Å². The van der Waals surface area contributed by atoms with E-state index in [4.69, 9.17) is 14.6 Å². The Morgan fingerprint density at radius 3 is 2.32 bits per heavy atom. The molecule has 4 atom stereocenters. The molecule has 4 N–H and O–H groups in total. The van der Waals surface area contributed by atoms with Crippen molar-refractivity contribution in [3.05, 3.63) is 75.9 Å². The zero-order chi connectivity index (χ0) is 30.5. The Balaban J connectivity index is 0.00000141. The Kier molecular flexibility index (Phi) is 13.7. The van der Waals surface area contributed by atoms with Crippen LogP contribution in [-0.4, -0.2) is 53.0 Å². The number of hydrogen-bond acceptors (Lipinski definition) is 6. The van der Waals surface area contributed by atoms with Gasteiger partial charge in [-0.1, -0.05) is 47.6 Å². The Labute approximate surface area is 245 Å². The number of aromatic hydroxyl groups is 1. The van der Waals surface area contributed by atoms with E-state index in [-0.39, 0.29) is 12.0 Å². The number of fused-ring (bicyclic) bond motifs is 2. The van der Waals surface area contributed by atoms with Crippen LogP contribution in [0.3, 0.4) is 0 Å². The smallest absolute Gasteiger partial charge is 0.164 e. The van der Waals surface area contributed by atoms with E-state index >= 15 is 0 Å². The molecule has 6 heteroatoms. The Bertz CT molecular complexity index is 1230. The molecule has 1 saturated carbocycles. The van der Waals surface area contributed by atoms with Crippen LogP contribution in [0.1, 0.15) is 68.7 Å². The SMILES string of the molecule is C#C.CO.COc1cc(/C=C/c2ccc(C/C=C(\C)CCC=C(C)C)c(O)c2)cc2c1OC1CC(O)C(O)C[C@H]1C2. The van der Waals surface area contributed by atoms with E-state index in [0.29, 0.717) is 30.8 Å². The Hall–Kier alpha value is -3.50. The molecule has 2 aromatic carbocycles. The lowest BCUT2D eigenvalue weighted by atomic mass is 9.77. The lowest BCUT2D eigenvalue weighted by Gasteiger charge is -2.41. The van der Waals surface area contributed by atoms with Crippen LogP contribution in [-0.2, 0) is 12.8 Å². The van der Waals surface area contributed by atoms with Crippen molar-refractivity contribution in [1.82, 2.24) is 0 Å². The van der Waals surface area contributed by atoms with Crippen molar-refractivity contribution >= 4 is 12.2 Å². The van der Waals surface area contributed by atoms with Crippen LogP contribution in [0.15, 0.2) is 53.6 Å². The highest BCUT2D eigenvalue weighted by Crippen LogP contribution is 2.44. The molecular weight excluding hydrogens is 516 g/mol. The highest BCUT2D eigenvalue weighted by molar-refractivity contribution is 5.72. The number of methoxy groups -OCH3 is 1. The van der Waals surface area contributed by atoms with Gasteiger partial charge in [0, 0.05) is 19.4 Å². The number of ether oxygens (including phenoxy) is 2. The number of hydrogen-bond donors (Lipinski definition) is 4. The normalized spacial score (nSPS) is 21.2. The van der Waals surface area contributed by atoms with Crippen molar-refractivity contribution in [3.63, 3.8) is 0 Å². The van der Waals surface area contributed by atoms with E-state index in [1.807, 2.05) is 30.4 Å². The van der Waals surface area contributed by atoms with Crippen LogP contribution in [0.5, 0.6) is 17.2 Å². The van der Waals surface area contributed by atoms with Gasteiger partial charge in [0.05, 0.1) is 19.3 Å². The van der Waals surface area contributed by atoms with E-state index < -0.39 is 12.2 Å². The summed E-state index contributed by atoms with van der Waals surface area (Å²) in [5.41, 5.74) is 6.54. The fourth-order valence-corrected chi connectivity index (χ4v) is 5.24. The van der Waals surface area contributed by atoms with Gasteiger partial charge in [-0.05, 0) is 93.3 Å². The molecule has 0 spiro atoms. The first-order valence-corrected chi connectivity index (χ1v) is 14.0. The second-order valence-corrected chi connectivity index (χ2v) is 10.7. The van der Waals surface area contributed by atoms with Crippen molar-refractivity contribution in [2.75, 3.05) is 14.2 Å². The Morgan fingerprint density at radius 1 is 0.976 bits per heavy atom. The third-order valence-electron chi connectivity index (χ3n) is 7.45. The van der Waals surface area contributed by atoms with Gasteiger partial charge in [-0.15, -0.1) is 12.8 Å². The van der Waals surface area contributed by atoms with Gasteiger partial charge in [0.15, 0.2) is 11.5 Å². The van der Waals surface area contributed by atoms with Crippen molar-refractivity contribution in [2.45, 2.75) is 77.6 Å². The summed E-state index contributed by atoms with van der Waals surface area (Å²) in [6, 6.07) is 9.85. The average Bonchev–Trinajstić information content (AvgIpc) is 2.97. The molecule has 0 bridgehead atoms. The van der Waals surface area contributed by atoms with Gasteiger partial charge in [-0.3, -0.25) is 0 Å². The van der Waals surface area contributed by atoms with Gasteiger partial charge in [-0.2, -0.15) is 0 Å². The zero-order valence-corrected chi connectivity index (χ0v) is 25.0. The van der Waals surface area contributed by atoms with Crippen molar-refractivity contribution in [3.8, 4) is 30.1 Å². The summed E-state index contributed by atoms with van der Waals surface area (Å²) in [4.78, 5) is 0. The fraction of sp³-hybridized carbons (Fsp3) is 0.429. The molecule has 0 amide bonds. The third kappa shape index (κ3) is 9.54. The molecule has 1 aliphatic carbocycles. The first-order chi connectivity index (χ1) is 19.7. The minimum Gasteiger partial charge on any atom is -0.508 e. The summed E-state index contributed by atoms with van der Waals surface area (Å²) in [5.74, 6) is 1.87. The molecule has 1 aliphatic heterocycles. The predicted molar refractivity (Wildman–Crippen MR) is 167 cm³/mol. The molecule has 2 aromatic rings. The molecular formula is C35H46O6. The number of benzene rings is 2. The van der Waals surface area contributed by atoms with Gasteiger partial charge >= 0.3 is 0 Å². The van der Waals surface area contributed by atoms with Crippen molar-refractivity contribution in [2.24, 2.45) is 5.92 Å². The lowest BCUT2D eigenvalue weighted by molar-refractivity contribution is -0.0746. The maximum absolute atomic E-state index is 10.6. The number of aliphatic hydroxyl groups is 3. The lowest BCUT2D eigenvalue weighted by Crippen LogP contribution is -2.46. The fourth-order valence-electron chi connectivity index (χ4n) is 5.24. The number of phenols is 1. The van der Waals surface area contributed by atoms with Gasteiger partial charge in [-0.25, -0.2) is 0 Å². The summed E-state index contributed by atoms with van der Waals surface area (Å²) in [6.45, 7) is 6.38. The second kappa shape index (κ2) is 16.7. The number of aliphatic hydroxyl groups excluding tert-OH is 3. The van der Waals surface area contributed by atoms with Crippen LogP contribution in [0.25, 0.3) is 12.2 Å². The summed E-state index contributed by atoms with van der Waals surface area (Å²) >= 11 is 0. The Morgan fingerprint density at radius 2 is 1.66 bits per heavy atom. The maximum Gasteiger partial charge on any atom is 0.164 e. The predicted octanol–water partition coefficient (Wildman–Crippen LogP) is 6.10. The number of phenolic OH excluding ortho intramolecular Hbond substituents is 1. The van der Waals surface area contributed by atoms with Crippen LogP contribution in [0.2, 0.25) is 0 Å². The first-order valence-electron chi connectivity index (χ1n) is 14.0. The molecule has 3 unspecified atom stereocenters. The molecule has 2 aliphatic rings. The maximum atomic E-state index is 10.6. The number of terminal acetylenes is 1. The molecule has 1 fully saturated rings. The minimum atomic E-state index is -0.744. The zero-order valence-electron chi connectivity index (χ0n) is 25.0. The third-order valence-corrected chi connectivity index (χ3v) is 7.45. The number of allylic oxidation sites excluding steroid dienone is 4. The van der Waals surface area contributed by atoms with Crippen LogP contribution in [0, 0.1) is 18.8 Å². The van der Waals surface area contributed by atoms with Crippen LogP contribution >= 0.6 is 0 Å². The molecule has 0 radical (unpaired) electrons. The molecule has 222 valence electrons. The van der Waals surface area contributed by atoms with E-state index in [0.717, 1.165) is 54.4 Å². The van der Waals surface area contributed by atoms with Gasteiger partial charge < -0.3 is 29.9 Å². The van der Waals surface area contributed by atoms with Crippen LogP contribution < -0.4 is 9.47 Å². The van der Waals surface area contributed by atoms with E-state index in [1.54, 1.807) is 13.2 Å².